The SMILES string of the molecule is COc1cccc(N=Cc2cc(-c3ccccc3)n(-c3ccc(Cl)cc3)c2-c2ccccc2)c1. The second kappa shape index (κ2) is 9.82. The second-order valence-corrected chi connectivity index (χ2v) is 8.27. The zero-order valence-electron chi connectivity index (χ0n) is 18.7. The van der Waals surface area contributed by atoms with Crippen molar-refractivity contribution in [2.45, 2.75) is 0 Å². The van der Waals surface area contributed by atoms with Crippen LogP contribution in [0.4, 0.5) is 5.69 Å². The van der Waals surface area contributed by atoms with Gasteiger partial charge in [-0.3, -0.25) is 4.99 Å². The van der Waals surface area contributed by atoms with E-state index in [1.54, 1.807) is 7.11 Å². The largest absolute Gasteiger partial charge is 0.497 e. The first-order valence-electron chi connectivity index (χ1n) is 11.0. The van der Waals surface area contributed by atoms with Crippen molar-refractivity contribution in [2.75, 3.05) is 7.11 Å². The third kappa shape index (κ3) is 4.52. The van der Waals surface area contributed by atoms with Crippen LogP contribution in [0.25, 0.3) is 28.2 Å². The molecule has 1 aromatic heterocycles. The predicted octanol–water partition coefficient (Wildman–Crippen LogP) is 8.22. The minimum Gasteiger partial charge on any atom is -0.497 e. The average molecular weight is 463 g/mol. The fraction of sp³-hybridized carbons (Fsp3) is 0.0333. The first kappa shape index (κ1) is 21.7. The summed E-state index contributed by atoms with van der Waals surface area (Å²) in [6, 6.07) is 38.7. The van der Waals surface area contributed by atoms with Crippen LogP contribution >= 0.6 is 11.6 Å². The van der Waals surface area contributed by atoms with Crippen molar-refractivity contribution in [2.24, 2.45) is 4.99 Å². The summed E-state index contributed by atoms with van der Waals surface area (Å²) in [5.41, 5.74) is 7.24. The van der Waals surface area contributed by atoms with Crippen molar-refractivity contribution in [1.82, 2.24) is 4.57 Å². The number of aliphatic imine (C=N–C) groups is 1. The molecule has 0 fully saturated rings. The number of rotatable bonds is 6. The minimum atomic E-state index is 0.707. The molecular formula is C30H23ClN2O. The molecule has 166 valence electrons. The van der Waals surface area contributed by atoms with Crippen LogP contribution < -0.4 is 4.74 Å². The number of halogens is 1. The molecule has 0 unspecified atom stereocenters. The van der Waals surface area contributed by atoms with E-state index >= 15 is 0 Å². The van der Waals surface area contributed by atoms with Crippen LogP contribution in [-0.4, -0.2) is 17.9 Å². The summed E-state index contributed by atoms with van der Waals surface area (Å²) < 4.78 is 7.63. The van der Waals surface area contributed by atoms with E-state index in [9.17, 15) is 0 Å². The van der Waals surface area contributed by atoms with Gasteiger partial charge in [-0.05, 0) is 53.6 Å². The van der Waals surface area contributed by atoms with Crippen LogP contribution in [0, 0.1) is 0 Å². The van der Waals surface area contributed by atoms with E-state index in [-0.39, 0.29) is 0 Å². The van der Waals surface area contributed by atoms with Gasteiger partial charge < -0.3 is 9.30 Å². The maximum atomic E-state index is 6.22. The summed E-state index contributed by atoms with van der Waals surface area (Å²) in [5, 5.41) is 0.707. The predicted molar refractivity (Wildman–Crippen MR) is 142 cm³/mol. The molecule has 5 rings (SSSR count). The molecule has 0 atom stereocenters. The third-order valence-corrected chi connectivity index (χ3v) is 5.89. The van der Waals surface area contributed by atoms with Gasteiger partial charge in [0.05, 0.1) is 24.2 Å². The number of nitrogens with zero attached hydrogens (tertiary/aromatic N) is 2. The molecule has 3 nitrogen and oxygen atoms in total. The van der Waals surface area contributed by atoms with Gasteiger partial charge in [-0.15, -0.1) is 0 Å². The normalized spacial score (nSPS) is 11.1. The molecule has 0 saturated carbocycles. The highest BCUT2D eigenvalue weighted by atomic mass is 35.5. The number of methoxy groups -OCH3 is 1. The molecule has 0 bridgehead atoms. The Bertz CT molecular complexity index is 1420. The molecule has 0 aliphatic rings. The number of benzene rings is 4. The smallest absolute Gasteiger partial charge is 0.121 e. The highest BCUT2D eigenvalue weighted by Crippen LogP contribution is 2.36. The van der Waals surface area contributed by atoms with Gasteiger partial charge in [-0.1, -0.05) is 78.3 Å². The lowest BCUT2D eigenvalue weighted by atomic mass is 10.1. The molecule has 0 radical (unpaired) electrons. The molecule has 0 aliphatic carbocycles. The molecule has 1 heterocycles. The molecule has 5 aromatic rings. The van der Waals surface area contributed by atoms with Gasteiger partial charge in [0.15, 0.2) is 0 Å². The van der Waals surface area contributed by atoms with E-state index in [0.29, 0.717) is 5.02 Å². The summed E-state index contributed by atoms with van der Waals surface area (Å²) in [7, 11) is 1.66. The lowest BCUT2D eigenvalue weighted by molar-refractivity contribution is 0.415. The van der Waals surface area contributed by atoms with Crippen molar-refractivity contribution in [3.63, 3.8) is 0 Å². The Labute approximate surface area is 204 Å². The average Bonchev–Trinajstić information content (AvgIpc) is 3.28. The highest BCUT2D eigenvalue weighted by molar-refractivity contribution is 6.30. The Morgan fingerprint density at radius 1 is 0.735 bits per heavy atom. The van der Waals surface area contributed by atoms with E-state index in [2.05, 4.69) is 59.2 Å². The highest BCUT2D eigenvalue weighted by Gasteiger charge is 2.18. The van der Waals surface area contributed by atoms with E-state index < -0.39 is 0 Å². The van der Waals surface area contributed by atoms with E-state index in [0.717, 1.165) is 45.2 Å². The van der Waals surface area contributed by atoms with Crippen molar-refractivity contribution >= 4 is 23.5 Å². The molecule has 0 spiro atoms. The maximum absolute atomic E-state index is 6.22. The maximum Gasteiger partial charge on any atom is 0.121 e. The molecule has 4 aromatic carbocycles. The van der Waals surface area contributed by atoms with Gasteiger partial charge in [0.25, 0.3) is 0 Å². The number of aromatic nitrogens is 1. The third-order valence-electron chi connectivity index (χ3n) is 5.64. The monoisotopic (exact) mass is 462 g/mol. The van der Waals surface area contributed by atoms with Gasteiger partial charge in [-0.25, -0.2) is 0 Å². The van der Waals surface area contributed by atoms with Gasteiger partial charge in [0.1, 0.15) is 5.75 Å². The number of hydrogen-bond acceptors (Lipinski definition) is 2. The Hall–Kier alpha value is -4.08. The lowest BCUT2D eigenvalue weighted by Gasteiger charge is -2.15. The first-order valence-corrected chi connectivity index (χ1v) is 11.4. The van der Waals surface area contributed by atoms with Crippen LogP contribution in [0.2, 0.25) is 5.02 Å². The topological polar surface area (TPSA) is 26.5 Å². The van der Waals surface area contributed by atoms with Crippen LogP contribution in [0.15, 0.2) is 120 Å². The zero-order valence-corrected chi connectivity index (χ0v) is 19.5. The minimum absolute atomic E-state index is 0.707. The van der Waals surface area contributed by atoms with Crippen molar-refractivity contribution < 1.29 is 4.74 Å². The zero-order chi connectivity index (χ0) is 23.3. The summed E-state index contributed by atoms with van der Waals surface area (Å²) in [5.74, 6) is 0.779. The summed E-state index contributed by atoms with van der Waals surface area (Å²) in [6.45, 7) is 0. The fourth-order valence-electron chi connectivity index (χ4n) is 4.03. The van der Waals surface area contributed by atoms with Crippen molar-refractivity contribution in [3.05, 3.63) is 126 Å². The summed E-state index contributed by atoms with van der Waals surface area (Å²) in [6.07, 6.45) is 1.93. The van der Waals surface area contributed by atoms with Crippen LogP contribution in [0.1, 0.15) is 5.56 Å². The quantitative estimate of drug-likeness (QED) is 0.233. The molecule has 0 aliphatic heterocycles. The van der Waals surface area contributed by atoms with Crippen LogP contribution in [-0.2, 0) is 0 Å². The van der Waals surface area contributed by atoms with E-state index in [4.69, 9.17) is 21.3 Å². The Morgan fingerprint density at radius 2 is 1.41 bits per heavy atom. The molecule has 0 amide bonds. The number of hydrogen-bond donors (Lipinski definition) is 0. The lowest BCUT2D eigenvalue weighted by Crippen LogP contribution is -2.00. The molecular weight excluding hydrogens is 440 g/mol. The fourth-order valence-corrected chi connectivity index (χ4v) is 4.16. The Morgan fingerprint density at radius 3 is 2.09 bits per heavy atom. The van der Waals surface area contributed by atoms with Gasteiger partial charge in [0.2, 0.25) is 0 Å². The van der Waals surface area contributed by atoms with E-state index in [1.807, 2.05) is 66.9 Å². The van der Waals surface area contributed by atoms with Gasteiger partial charge in [-0.2, -0.15) is 0 Å². The summed E-state index contributed by atoms with van der Waals surface area (Å²) >= 11 is 6.22. The molecule has 34 heavy (non-hydrogen) atoms. The molecule has 4 heteroatoms. The van der Waals surface area contributed by atoms with Crippen molar-refractivity contribution in [3.8, 4) is 34.0 Å². The standard InChI is InChI=1S/C30H23ClN2O/c1-34-28-14-8-13-26(20-28)32-21-24-19-29(22-9-4-2-5-10-22)33(27-17-15-25(31)16-18-27)30(24)23-11-6-3-7-12-23/h2-21H,1H3. The second-order valence-electron chi connectivity index (χ2n) is 7.84. The summed E-state index contributed by atoms with van der Waals surface area (Å²) in [4.78, 5) is 4.79. The van der Waals surface area contributed by atoms with Gasteiger partial charge >= 0.3 is 0 Å². The van der Waals surface area contributed by atoms with Crippen LogP contribution in [0.5, 0.6) is 5.75 Å². The van der Waals surface area contributed by atoms with Crippen molar-refractivity contribution in [1.29, 1.82) is 0 Å². The van der Waals surface area contributed by atoms with Crippen LogP contribution in [0.3, 0.4) is 0 Å². The first-order chi connectivity index (χ1) is 16.7. The molecule has 0 saturated heterocycles. The van der Waals surface area contributed by atoms with Gasteiger partial charge in [0, 0.05) is 28.6 Å². The Kier molecular flexibility index (Phi) is 6.28. The molecule has 0 N–H and O–H groups in total. The Balaban J connectivity index is 1.75. The number of ether oxygens (including phenoxy) is 1. The van der Waals surface area contributed by atoms with E-state index in [1.165, 1.54) is 0 Å².